The molecule has 0 radical (unpaired) electrons. The molecule has 0 saturated heterocycles. The number of carbonyl (C=O) groups excluding carboxylic acids is 1. The van der Waals surface area contributed by atoms with Gasteiger partial charge in [-0.05, 0) is 65.1 Å². The van der Waals surface area contributed by atoms with E-state index in [0.717, 1.165) is 27.8 Å². The predicted molar refractivity (Wildman–Crippen MR) is 136 cm³/mol. The third-order valence-corrected chi connectivity index (χ3v) is 5.56. The Morgan fingerprint density at radius 3 is 2.18 bits per heavy atom. The molecule has 164 valence electrons. The SMILES string of the molecule is Cc1ccc(-c2ccc(CN=C(N)NC(=O)c3ccccc3)cc2-c2ccc(Cl)cc2)cc1. The minimum absolute atomic E-state index is 0.0829. The second-order valence-electron chi connectivity index (χ2n) is 7.77. The maximum Gasteiger partial charge on any atom is 0.257 e. The Balaban J connectivity index is 1.60. The van der Waals surface area contributed by atoms with Gasteiger partial charge < -0.3 is 5.73 Å². The number of rotatable bonds is 5. The Morgan fingerprint density at radius 1 is 0.848 bits per heavy atom. The minimum Gasteiger partial charge on any atom is -0.370 e. The van der Waals surface area contributed by atoms with Gasteiger partial charge in [0.05, 0.1) is 6.54 Å². The first kappa shape index (κ1) is 22.3. The number of hydrogen-bond donors (Lipinski definition) is 2. The van der Waals surface area contributed by atoms with Gasteiger partial charge in [-0.15, -0.1) is 0 Å². The molecule has 0 unspecified atom stereocenters. The molecule has 5 heteroatoms. The lowest BCUT2D eigenvalue weighted by molar-refractivity contribution is 0.0976. The topological polar surface area (TPSA) is 67.5 Å². The number of nitrogens with zero attached hydrogens (tertiary/aromatic N) is 1. The maximum atomic E-state index is 12.3. The number of benzene rings is 4. The molecule has 4 aromatic rings. The number of aryl methyl sites for hydroxylation is 1. The fourth-order valence-corrected chi connectivity index (χ4v) is 3.66. The van der Waals surface area contributed by atoms with Crippen molar-refractivity contribution in [3.63, 3.8) is 0 Å². The second kappa shape index (κ2) is 10.2. The number of nitrogens with one attached hydrogen (secondary N) is 1. The first-order valence-corrected chi connectivity index (χ1v) is 11.0. The van der Waals surface area contributed by atoms with E-state index in [9.17, 15) is 4.79 Å². The lowest BCUT2D eigenvalue weighted by Gasteiger charge is -2.13. The summed E-state index contributed by atoms with van der Waals surface area (Å²) < 4.78 is 0. The van der Waals surface area contributed by atoms with Crippen LogP contribution in [0.5, 0.6) is 0 Å². The Kier molecular flexibility index (Phi) is 6.86. The third-order valence-electron chi connectivity index (χ3n) is 5.31. The van der Waals surface area contributed by atoms with Gasteiger partial charge in [0.25, 0.3) is 5.91 Å². The summed E-state index contributed by atoms with van der Waals surface area (Å²) in [6, 6.07) is 31.4. The third kappa shape index (κ3) is 5.68. The number of amides is 1. The Bertz CT molecular complexity index is 1280. The standard InChI is InChI=1S/C28H24ClN3O/c1-19-7-10-21(11-8-19)25-16-9-20(17-26(25)22-12-14-24(29)15-13-22)18-31-28(30)32-27(33)23-5-3-2-4-6-23/h2-17H,18H2,1H3,(H3,30,31,32,33). The predicted octanol–water partition coefficient (Wildman–Crippen LogP) is 6.23. The van der Waals surface area contributed by atoms with Crippen LogP contribution in [-0.4, -0.2) is 11.9 Å². The molecule has 0 spiro atoms. The van der Waals surface area contributed by atoms with Crippen molar-refractivity contribution in [1.82, 2.24) is 5.32 Å². The molecule has 1 amide bonds. The van der Waals surface area contributed by atoms with E-state index in [0.29, 0.717) is 17.1 Å². The minimum atomic E-state index is -0.284. The fraction of sp³-hybridized carbons (Fsp3) is 0.0714. The average molecular weight is 454 g/mol. The van der Waals surface area contributed by atoms with E-state index in [1.165, 1.54) is 5.56 Å². The molecule has 0 fully saturated rings. The quantitative estimate of drug-likeness (QED) is 0.278. The molecule has 0 bridgehead atoms. The lowest BCUT2D eigenvalue weighted by Crippen LogP contribution is -2.36. The molecular formula is C28H24ClN3O. The molecule has 0 heterocycles. The van der Waals surface area contributed by atoms with Gasteiger partial charge in [0.1, 0.15) is 0 Å². The monoisotopic (exact) mass is 453 g/mol. The van der Waals surface area contributed by atoms with E-state index in [-0.39, 0.29) is 11.9 Å². The van der Waals surface area contributed by atoms with Gasteiger partial charge in [0, 0.05) is 10.6 Å². The van der Waals surface area contributed by atoms with Crippen molar-refractivity contribution in [3.05, 3.63) is 119 Å². The highest BCUT2D eigenvalue weighted by Crippen LogP contribution is 2.34. The number of guanidine groups is 1. The number of nitrogens with two attached hydrogens (primary N) is 1. The maximum absolute atomic E-state index is 12.3. The molecule has 0 aliphatic rings. The smallest absolute Gasteiger partial charge is 0.257 e. The van der Waals surface area contributed by atoms with Gasteiger partial charge in [0.2, 0.25) is 0 Å². The summed E-state index contributed by atoms with van der Waals surface area (Å²) in [6.45, 7) is 2.42. The van der Waals surface area contributed by atoms with Crippen LogP contribution in [0.4, 0.5) is 0 Å². The van der Waals surface area contributed by atoms with Crippen LogP contribution in [0.25, 0.3) is 22.3 Å². The Morgan fingerprint density at radius 2 is 1.48 bits per heavy atom. The zero-order valence-electron chi connectivity index (χ0n) is 18.3. The average Bonchev–Trinajstić information content (AvgIpc) is 2.84. The van der Waals surface area contributed by atoms with Crippen LogP contribution in [0, 0.1) is 6.92 Å². The summed E-state index contributed by atoms with van der Waals surface area (Å²) >= 11 is 6.11. The van der Waals surface area contributed by atoms with Crippen molar-refractivity contribution in [1.29, 1.82) is 0 Å². The highest BCUT2D eigenvalue weighted by Gasteiger charge is 2.10. The van der Waals surface area contributed by atoms with Gasteiger partial charge in [-0.3, -0.25) is 10.1 Å². The van der Waals surface area contributed by atoms with Crippen molar-refractivity contribution in [2.24, 2.45) is 10.7 Å². The van der Waals surface area contributed by atoms with Gasteiger partial charge in [-0.1, -0.05) is 83.9 Å². The van der Waals surface area contributed by atoms with Gasteiger partial charge >= 0.3 is 0 Å². The Hall–Kier alpha value is -3.89. The Labute approximate surface area is 198 Å². The normalized spacial score (nSPS) is 11.3. The molecule has 4 rings (SSSR count). The van der Waals surface area contributed by atoms with Crippen LogP contribution < -0.4 is 11.1 Å². The molecule has 0 saturated carbocycles. The van der Waals surface area contributed by atoms with E-state index >= 15 is 0 Å². The molecular weight excluding hydrogens is 430 g/mol. The van der Waals surface area contributed by atoms with E-state index < -0.39 is 0 Å². The van der Waals surface area contributed by atoms with Gasteiger partial charge in [-0.2, -0.15) is 0 Å². The number of aliphatic imine (C=N–C) groups is 1. The van der Waals surface area contributed by atoms with Crippen LogP contribution in [0.15, 0.2) is 102 Å². The number of carbonyl (C=O) groups is 1. The van der Waals surface area contributed by atoms with Crippen molar-refractivity contribution in [2.45, 2.75) is 13.5 Å². The molecule has 4 aromatic carbocycles. The van der Waals surface area contributed by atoms with Crippen molar-refractivity contribution < 1.29 is 4.79 Å². The molecule has 0 atom stereocenters. The lowest BCUT2D eigenvalue weighted by atomic mass is 9.92. The highest BCUT2D eigenvalue weighted by molar-refractivity contribution is 6.30. The summed E-state index contributed by atoms with van der Waals surface area (Å²) in [6.07, 6.45) is 0. The summed E-state index contributed by atoms with van der Waals surface area (Å²) in [5.41, 5.74) is 13.1. The fourth-order valence-electron chi connectivity index (χ4n) is 3.54. The summed E-state index contributed by atoms with van der Waals surface area (Å²) in [4.78, 5) is 16.6. The van der Waals surface area contributed by atoms with E-state index in [1.54, 1.807) is 24.3 Å². The van der Waals surface area contributed by atoms with Crippen LogP contribution in [-0.2, 0) is 6.54 Å². The molecule has 0 aliphatic carbocycles. The van der Waals surface area contributed by atoms with E-state index in [2.05, 4.69) is 53.6 Å². The second-order valence-corrected chi connectivity index (χ2v) is 8.21. The van der Waals surface area contributed by atoms with Crippen molar-refractivity contribution >= 4 is 23.5 Å². The molecule has 0 aliphatic heterocycles. The zero-order valence-corrected chi connectivity index (χ0v) is 19.0. The van der Waals surface area contributed by atoms with Crippen LogP contribution in [0.1, 0.15) is 21.5 Å². The summed E-state index contributed by atoms with van der Waals surface area (Å²) in [5, 5.41) is 3.33. The van der Waals surface area contributed by atoms with E-state index in [1.807, 2.05) is 36.4 Å². The first-order chi connectivity index (χ1) is 16.0. The van der Waals surface area contributed by atoms with Gasteiger partial charge in [-0.25, -0.2) is 4.99 Å². The summed E-state index contributed by atoms with van der Waals surface area (Å²) in [7, 11) is 0. The number of hydrogen-bond acceptors (Lipinski definition) is 2. The number of halogens is 1. The van der Waals surface area contributed by atoms with Crippen LogP contribution in [0.3, 0.4) is 0 Å². The van der Waals surface area contributed by atoms with Crippen molar-refractivity contribution in [2.75, 3.05) is 0 Å². The largest absolute Gasteiger partial charge is 0.370 e. The molecule has 0 aromatic heterocycles. The van der Waals surface area contributed by atoms with Crippen LogP contribution >= 0.6 is 11.6 Å². The summed E-state index contributed by atoms with van der Waals surface area (Å²) in [5.74, 6) is -0.201. The van der Waals surface area contributed by atoms with Crippen LogP contribution in [0.2, 0.25) is 5.02 Å². The molecule has 4 nitrogen and oxygen atoms in total. The van der Waals surface area contributed by atoms with E-state index in [4.69, 9.17) is 17.3 Å². The first-order valence-electron chi connectivity index (χ1n) is 10.6. The molecule has 3 N–H and O–H groups in total. The van der Waals surface area contributed by atoms with Crippen molar-refractivity contribution in [3.8, 4) is 22.3 Å². The molecule has 33 heavy (non-hydrogen) atoms. The van der Waals surface area contributed by atoms with Gasteiger partial charge in [0.15, 0.2) is 5.96 Å². The zero-order chi connectivity index (χ0) is 23.2. The highest BCUT2D eigenvalue weighted by atomic mass is 35.5.